The molecular formula is C6H9NO4. The van der Waals surface area contributed by atoms with Gasteiger partial charge in [0.25, 0.3) is 0 Å². The maximum atomic E-state index is 10.5. The molecule has 0 aliphatic carbocycles. The van der Waals surface area contributed by atoms with Crippen molar-refractivity contribution >= 4 is 12.1 Å². The molecule has 0 saturated carbocycles. The number of carbonyl (C=O) groups excluding carboxylic acids is 1. The van der Waals surface area contributed by atoms with Crippen molar-refractivity contribution < 1.29 is 19.4 Å². The second-order valence-electron chi connectivity index (χ2n) is 2.32. The zero-order valence-corrected chi connectivity index (χ0v) is 6.03. The van der Waals surface area contributed by atoms with Crippen molar-refractivity contribution in [3.05, 3.63) is 0 Å². The van der Waals surface area contributed by atoms with Crippen molar-refractivity contribution in [3.8, 4) is 0 Å². The average Bonchev–Trinajstić information content (AvgIpc) is 2.30. The Morgan fingerprint density at radius 1 is 1.82 bits per heavy atom. The van der Waals surface area contributed by atoms with Crippen LogP contribution in [-0.4, -0.2) is 29.3 Å². The van der Waals surface area contributed by atoms with Crippen LogP contribution >= 0.6 is 0 Å². The summed E-state index contributed by atoms with van der Waals surface area (Å²) < 4.78 is 4.48. The fourth-order valence-electron chi connectivity index (χ4n) is 0.997. The number of ether oxygens (including phenoxy) is 1. The van der Waals surface area contributed by atoms with Crippen molar-refractivity contribution in [3.63, 3.8) is 0 Å². The van der Waals surface area contributed by atoms with Crippen molar-refractivity contribution in [1.82, 2.24) is 5.32 Å². The maximum absolute atomic E-state index is 10.5. The van der Waals surface area contributed by atoms with E-state index in [9.17, 15) is 9.59 Å². The van der Waals surface area contributed by atoms with Gasteiger partial charge in [-0.1, -0.05) is 6.92 Å². The van der Waals surface area contributed by atoms with E-state index in [0.717, 1.165) is 0 Å². The summed E-state index contributed by atoms with van der Waals surface area (Å²) in [6, 6.07) is -0.389. The normalized spacial score (nSPS) is 29.4. The Kier molecular flexibility index (Phi) is 1.98. The van der Waals surface area contributed by atoms with E-state index in [1.807, 2.05) is 0 Å². The van der Waals surface area contributed by atoms with Gasteiger partial charge in [-0.3, -0.25) is 0 Å². The number of cyclic esters (lactones) is 1. The molecule has 5 heteroatoms. The molecule has 0 aromatic heterocycles. The molecule has 0 aromatic carbocycles. The molecule has 0 spiro atoms. The van der Waals surface area contributed by atoms with E-state index in [4.69, 9.17) is 5.11 Å². The molecule has 1 rings (SSSR count). The van der Waals surface area contributed by atoms with Crippen molar-refractivity contribution in [2.45, 2.75) is 25.5 Å². The molecule has 2 N–H and O–H groups in total. The van der Waals surface area contributed by atoms with Gasteiger partial charge in [0.1, 0.15) is 0 Å². The van der Waals surface area contributed by atoms with Crippen LogP contribution in [0.25, 0.3) is 0 Å². The van der Waals surface area contributed by atoms with Gasteiger partial charge < -0.3 is 15.2 Å². The maximum Gasteiger partial charge on any atom is 0.408 e. The molecule has 0 aromatic rings. The number of alkyl carbamates (subject to hydrolysis) is 1. The van der Waals surface area contributed by atoms with Crippen LogP contribution in [0.2, 0.25) is 0 Å². The van der Waals surface area contributed by atoms with E-state index in [0.29, 0.717) is 6.42 Å². The Morgan fingerprint density at radius 2 is 2.45 bits per heavy atom. The van der Waals surface area contributed by atoms with Gasteiger partial charge in [0.05, 0.1) is 6.04 Å². The third kappa shape index (κ3) is 1.42. The first-order valence-corrected chi connectivity index (χ1v) is 3.35. The molecule has 1 amide bonds. The lowest BCUT2D eigenvalue weighted by atomic mass is 10.1. The first-order valence-electron chi connectivity index (χ1n) is 3.35. The largest absolute Gasteiger partial charge is 0.478 e. The number of rotatable bonds is 2. The van der Waals surface area contributed by atoms with Gasteiger partial charge in [0.2, 0.25) is 6.10 Å². The standard InChI is InChI=1S/C6H9NO4/c1-2-3-4(5(8)9)11-6(10)7-3/h3-4H,2H2,1H3,(H,7,10)(H,8,9)/t3-,4+/m1/s1. The summed E-state index contributed by atoms with van der Waals surface area (Å²) in [4.78, 5) is 20.9. The molecule has 0 radical (unpaired) electrons. The van der Waals surface area contributed by atoms with Gasteiger partial charge in [-0.05, 0) is 6.42 Å². The van der Waals surface area contributed by atoms with E-state index in [2.05, 4.69) is 10.1 Å². The minimum atomic E-state index is -1.10. The van der Waals surface area contributed by atoms with E-state index in [1.165, 1.54) is 0 Å². The van der Waals surface area contributed by atoms with E-state index >= 15 is 0 Å². The Hall–Kier alpha value is -1.26. The van der Waals surface area contributed by atoms with Crippen LogP contribution in [0, 0.1) is 0 Å². The van der Waals surface area contributed by atoms with Crippen LogP contribution in [0.1, 0.15) is 13.3 Å². The van der Waals surface area contributed by atoms with Crippen LogP contribution in [0.5, 0.6) is 0 Å². The molecule has 5 nitrogen and oxygen atoms in total. The lowest BCUT2D eigenvalue weighted by Gasteiger charge is -2.08. The Bertz CT molecular complexity index is 191. The van der Waals surface area contributed by atoms with Crippen LogP contribution in [0.15, 0.2) is 0 Å². The average molecular weight is 159 g/mol. The quantitative estimate of drug-likeness (QED) is 0.592. The zero-order valence-electron chi connectivity index (χ0n) is 6.03. The predicted molar refractivity (Wildman–Crippen MR) is 35.1 cm³/mol. The smallest absolute Gasteiger partial charge is 0.408 e. The molecule has 1 aliphatic heterocycles. The third-order valence-corrected chi connectivity index (χ3v) is 1.59. The molecular weight excluding hydrogens is 150 g/mol. The van der Waals surface area contributed by atoms with Crippen LogP contribution in [0.3, 0.4) is 0 Å². The summed E-state index contributed by atoms with van der Waals surface area (Å²) in [7, 11) is 0. The molecule has 1 fully saturated rings. The topological polar surface area (TPSA) is 75.6 Å². The van der Waals surface area contributed by atoms with Gasteiger partial charge in [-0.15, -0.1) is 0 Å². The third-order valence-electron chi connectivity index (χ3n) is 1.59. The van der Waals surface area contributed by atoms with E-state index in [-0.39, 0.29) is 6.04 Å². The number of hydrogen-bond donors (Lipinski definition) is 2. The predicted octanol–water partition coefficient (Wildman–Crippen LogP) is -0.0420. The minimum absolute atomic E-state index is 0.389. The van der Waals surface area contributed by atoms with Crippen LogP contribution < -0.4 is 5.32 Å². The van der Waals surface area contributed by atoms with Gasteiger partial charge in [-0.25, -0.2) is 9.59 Å². The summed E-state index contributed by atoms with van der Waals surface area (Å²) in [6.45, 7) is 1.79. The monoisotopic (exact) mass is 159 g/mol. The molecule has 11 heavy (non-hydrogen) atoms. The highest BCUT2D eigenvalue weighted by Crippen LogP contribution is 2.11. The van der Waals surface area contributed by atoms with Gasteiger partial charge >= 0.3 is 12.1 Å². The van der Waals surface area contributed by atoms with Gasteiger partial charge in [0, 0.05) is 0 Å². The molecule has 1 heterocycles. The lowest BCUT2D eigenvalue weighted by molar-refractivity contribution is -0.145. The van der Waals surface area contributed by atoms with Gasteiger partial charge in [-0.2, -0.15) is 0 Å². The minimum Gasteiger partial charge on any atom is -0.478 e. The highest BCUT2D eigenvalue weighted by Gasteiger charge is 2.37. The van der Waals surface area contributed by atoms with E-state index in [1.54, 1.807) is 6.92 Å². The molecule has 1 saturated heterocycles. The SMILES string of the molecule is CC[C@H]1NC(=O)O[C@@H]1C(=O)O. The number of nitrogens with one attached hydrogen (secondary N) is 1. The Morgan fingerprint density at radius 3 is 2.82 bits per heavy atom. The first kappa shape index (κ1) is 7.84. The van der Waals surface area contributed by atoms with Crippen molar-refractivity contribution in [2.75, 3.05) is 0 Å². The summed E-state index contributed by atoms with van der Waals surface area (Å²) in [6.07, 6.45) is -1.11. The molecule has 2 atom stereocenters. The van der Waals surface area contributed by atoms with Crippen LogP contribution in [0.4, 0.5) is 4.79 Å². The number of hydrogen-bond acceptors (Lipinski definition) is 3. The number of aliphatic carboxylic acids is 1. The summed E-state index contributed by atoms with van der Waals surface area (Å²) >= 11 is 0. The van der Waals surface area contributed by atoms with Crippen molar-refractivity contribution in [2.24, 2.45) is 0 Å². The lowest BCUT2D eigenvalue weighted by Crippen LogP contribution is -2.35. The Balaban J connectivity index is 2.64. The Labute approximate surface area is 63.3 Å². The number of carboxylic acids is 1. The second kappa shape index (κ2) is 2.77. The zero-order chi connectivity index (χ0) is 8.43. The number of carboxylic acid groups (broad SMARTS) is 1. The first-order chi connectivity index (χ1) is 5.15. The molecule has 0 bridgehead atoms. The second-order valence-corrected chi connectivity index (χ2v) is 2.32. The summed E-state index contributed by atoms with van der Waals surface area (Å²) in [5, 5.41) is 10.9. The molecule has 0 unspecified atom stereocenters. The summed E-state index contributed by atoms with van der Waals surface area (Å²) in [5.74, 6) is -1.10. The molecule has 62 valence electrons. The van der Waals surface area contributed by atoms with E-state index < -0.39 is 18.2 Å². The van der Waals surface area contributed by atoms with Crippen LogP contribution in [-0.2, 0) is 9.53 Å². The fraction of sp³-hybridized carbons (Fsp3) is 0.667. The van der Waals surface area contributed by atoms with Crippen molar-refractivity contribution in [1.29, 1.82) is 0 Å². The highest BCUT2D eigenvalue weighted by molar-refractivity contribution is 5.82. The number of amides is 1. The molecule has 1 aliphatic rings. The summed E-state index contributed by atoms with van der Waals surface area (Å²) in [5.41, 5.74) is 0. The highest BCUT2D eigenvalue weighted by atomic mass is 16.6. The fourth-order valence-corrected chi connectivity index (χ4v) is 0.997. The van der Waals surface area contributed by atoms with Gasteiger partial charge in [0.15, 0.2) is 0 Å². The number of carbonyl (C=O) groups is 2.